The van der Waals surface area contributed by atoms with Crippen molar-refractivity contribution in [3.63, 3.8) is 0 Å². The van der Waals surface area contributed by atoms with Crippen molar-refractivity contribution >= 4 is 38.1 Å². The standard InChI is InChI=1S/C27H24N4O6S/c1-35-12-13-36-26-16-24-23(14-18(26)17-28)25(10-11-30-24)37-21-8-6-19(7-9-21)31(27(29)32)20-4-3-5-22(15-20)38(2,33)34/h3-11,14-16H,12-13H2,1-2H3,(H2,29,32). The lowest BCUT2D eigenvalue weighted by atomic mass is 10.1. The number of ether oxygens (including phenoxy) is 3. The van der Waals surface area contributed by atoms with Crippen molar-refractivity contribution in [1.82, 2.24) is 4.98 Å². The van der Waals surface area contributed by atoms with Crippen molar-refractivity contribution < 1.29 is 27.4 Å². The van der Waals surface area contributed by atoms with E-state index < -0.39 is 15.9 Å². The van der Waals surface area contributed by atoms with Gasteiger partial charge in [0.25, 0.3) is 0 Å². The Bertz CT molecular complexity index is 1630. The highest BCUT2D eigenvalue weighted by Crippen LogP contribution is 2.34. The molecule has 3 aromatic carbocycles. The summed E-state index contributed by atoms with van der Waals surface area (Å²) in [6, 6.07) is 18.8. The average Bonchev–Trinajstić information content (AvgIpc) is 2.89. The molecule has 0 unspecified atom stereocenters. The maximum Gasteiger partial charge on any atom is 0.323 e. The Morgan fingerprint density at radius 1 is 1.03 bits per heavy atom. The Labute approximate surface area is 219 Å². The summed E-state index contributed by atoms with van der Waals surface area (Å²) in [6.45, 7) is 0.673. The number of aromatic nitrogens is 1. The van der Waals surface area contributed by atoms with Crippen LogP contribution in [-0.2, 0) is 14.6 Å². The van der Waals surface area contributed by atoms with E-state index in [4.69, 9.17) is 19.9 Å². The summed E-state index contributed by atoms with van der Waals surface area (Å²) in [4.78, 5) is 17.9. The van der Waals surface area contributed by atoms with Crippen molar-refractivity contribution in [2.24, 2.45) is 5.73 Å². The normalized spacial score (nSPS) is 11.1. The van der Waals surface area contributed by atoms with Gasteiger partial charge >= 0.3 is 6.03 Å². The van der Waals surface area contributed by atoms with Crippen molar-refractivity contribution in [2.45, 2.75) is 4.90 Å². The number of nitrogens with two attached hydrogens (primary N) is 1. The zero-order chi connectivity index (χ0) is 27.3. The molecule has 10 nitrogen and oxygen atoms in total. The lowest BCUT2D eigenvalue weighted by Crippen LogP contribution is -2.31. The fourth-order valence-electron chi connectivity index (χ4n) is 3.73. The van der Waals surface area contributed by atoms with Crippen LogP contribution in [0, 0.1) is 11.3 Å². The van der Waals surface area contributed by atoms with Crippen LogP contribution in [0.3, 0.4) is 0 Å². The Morgan fingerprint density at radius 3 is 2.45 bits per heavy atom. The lowest BCUT2D eigenvalue weighted by molar-refractivity contribution is 0.146. The second-order valence-electron chi connectivity index (χ2n) is 8.17. The fraction of sp³-hybridized carbons (Fsp3) is 0.148. The zero-order valence-electron chi connectivity index (χ0n) is 20.6. The fourth-order valence-corrected chi connectivity index (χ4v) is 4.39. The van der Waals surface area contributed by atoms with E-state index in [0.29, 0.717) is 58.3 Å². The first kappa shape index (κ1) is 26.4. The molecule has 4 rings (SSSR count). The summed E-state index contributed by atoms with van der Waals surface area (Å²) in [5, 5.41) is 10.2. The molecule has 0 radical (unpaired) electrons. The van der Waals surface area contributed by atoms with E-state index in [1.54, 1.807) is 61.8 Å². The minimum atomic E-state index is -3.48. The summed E-state index contributed by atoms with van der Waals surface area (Å²) in [5.74, 6) is 1.32. The second-order valence-corrected chi connectivity index (χ2v) is 10.2. The van der Waals surface area contributed by atoms with Gasteiger partial charge in [-0.25, -0.2) is 13.2 Å². The maximum absolute atomic E-state index is 12.3. The Balaban J connectivity index is 1.63. The number of rotatable bonds is 9. The number of anilines is 2. The van der Waals surface area contributed by atoms with E-state index in [1.807, 2.05) is 0 Å². The predicted molar refractivity (Wildman–Crippen MR) is 142 cm³/mol. The Hall–Kier alpha value is -4.66. The SMILES string of the molecule is COCCOc1cc2nccc(Oc3ccc(N(C(N)=O)c4cccc(S(C)(=O)=O)c4)cc3)c2cc1C#N. The number of fused-ring (bicyclic) bond motifs is 1. The maximum atomic E-state index is 12.3. The first-order chi connectivity index (χ1) is 18.2. The van der Waals surface area contributed by atoms with Gasteiger partial charge in [0.1, 0.15) is 29.9 Å². The van der Waals surface area contributed by atoms with E-state index in [2.05, 4.69) is 11.1 Å². The van der Waals surface area contributed by atoms with Gasteiger partial charge in [-0.1, -0.05) is 6.07 Å². The molecule has 0 aliphatic carbocycles. The van der Waals surface area contributed by atoms with E-state index >= 15 is 0 Å². The number of hydrogen-bond donors (Lipinski definition) is 1. The van der Waals surface area contributed by atoms with Gasteiger partial charge in [-0.15, -0.1) is 0 Å². The summed E-state index contributed by atoms with van der Waals surface area (Å²) in [6.07, 6.45) is 2.67. The van der Waals surface area contributed by atoms with E-state index in [0.717, 1.165) is 6.26 Å². The summed E-state index contributed by atoms with van der Waals surface area (Å²) >= 11 is 0. The Morgan fingerprint density at radius 2 is 1.79 bits per heavy atom. The van der Waals surface area contributed by atoms with Crippen LogP contribution in [0.25, 0.3) is 10.9 Å². The third-order valence-corrected chi connectivity index (χ3v) is 6.63. The number of nitriles is 1. The summed E-state index contributed by atoms with van der Waals surface area (Å²) < 4.78 is 40.6. The Kier molecular flexibility index (Phi) is 7.76. The number of methoxy groups -OCH3 is 1. The third kappa shape index (κ3) is 5.83. The number of carbonyl (C=O) groups is 1. The smallest absolute Gasteiger partial charge is 0.323 e. The number of primary amides is 1. The van der Waals surface area contributed by atoms with Gasteiger partial charge in [0.15, 0.2) is 9.84 Å². The molecule has 38 heavy (non-hydrogen) atoms. The van der Waals surface area contributed by atoms with E-state index in [9.17, 15) is 18.5 Å². The molecule has 0 spiro atoms. The van der Waals surface area contributed by atoms with Crippen LogP contribution in [0.5, 0.6) is 17.2 Å². The highest BCUT2D eigenvalue weighted by molar-refractivity contribution is 7.90. The van der Waals surface area contributed by atoms with Crippen molar-refractivity contribution in [3.05, 3.63) is 78.5 Å². The van der Waals surface area contributed by atoms with E-state index in [-0.39, 0.29) is 4.90 Å². The van der Waals surface area contributed by atoms with Crippen LogP contribution < -0.4 is 20.1 Å². The number of hydrogen-bond acceptors (Lipinski definition) is 8. The van der Waals surface area contributed by atoms with Crippen LogP contribution >= 0.6 is 0 Å². The van der Waals surface area contributed by atoms with Gasteiger partial charge in [0, 0.05) is 31.0 Å². The summed E-state index contributed by atoms with van der Waals surface area (Å²) in [5.41, 5.74) is 7.25. The predicted octanol–water partition coefficient (Wildman–Crippen LogP) is 4.54. The zero-order valence-corrected chi connectivity index (χ0v) is 21.4. The molecule has 0 saturated carbocycles. The van der Waals surface area contributed by atoms with Crippen LogP contribution in [-0.4, -0.2) is 46.0 Å². The minimum absolute atomic E-state index is 0.0646. The average molecular weight is 533 g/mol. The number of nitrogens with zero attached hydrogens (tertiary/aromatic N) is 3. The minimum Gasteiger partial charge on any atom is -0.490 e. The quantitative estimate of drug-likeness (QED) is 0.309. The van der Waals surface area contributed by atoms with Crippen molar-refractivity contribution in [3.8, 4) is 23.3 Å². The molecule has 1 heterocycles. The number of sulfone groups is 1. The van der Waals surface area contributed by atoms with Gasteiger partial charge in [-0.3, -0.25) is 9.88 Å². The molecular weight excluding hydrogens is 508 g/mol. The molecule has 0 bridgehead atoms. The van der Waals surface area contributed by atoms with Crippen LogP contribution in [0.1, 0.15) is 5.56 Å². The van der Waals surface area contributed by atoms with Crippen LogP contribution in [0.2, 0.25) is 0 Å². The van der Waals surface area contributed by atoms with Gasteiger partial charge in [0.05, 0.1) is 34.0 Å². The number of carbonyl (C=O) groups excluding carboxylic acids is 1. The molecule has 0 aliphatic heterocycles. The van der Waals surface area contributed by atoms with Gasteiger partial charge in [-0.2, -0.15) is 5.26 Å². The van der Waals surface area contributed by atoms with Gasteiger partial charge in [0.2, 0.25) is 0 Å². The number of amides is 2. The summed E-state index contributed by atoms with van der Waals surface area (Å²) in [7, 11) is -1.91. The monoisotopic (exact) mass is 532 g/mol. The molecule has 0 aliphatic rings. The number of benzene rings is 3. The highest BCUT2D eigenvalue weighted by atomic mass is 32.2. The lowest BCUT2D eigenvalue weighted by Gasteiger charge is -2.21. The first-order valence-electron chi connectivity index (χ1n) is 11.3. The molecule has 4 aromatic rings. The molecule has 0 fully saturated rings. The number of urea groups is 1. The molecular formula is C27H24N4O6S. The molecule has 11 heteroatoms. The van der Waals surface area contributed by atoms with Crippen molar-refractivity contribution in [1.29, 1.82) is 5.26 Å². The molecule has 0 atom stereocenters. The molecule has 194 valence electrons. The molecule has 1 aromatic heterocycles. The topological polar surface area (TPSA) is 145 Å². The third-order valence-electron chi connectivity index (χ3n) is 5.52. The van der Waals surface area contributed by atoms with Gasteiger partial charge in [-0.05, 0) is 54.6 Å². The van der Waals surface area contributed by atoms with Crippen molar-refractivity contribution in [2.75, 3.05) is 31.5 Å². The molecule has 2 N–H and O–H groups in total. The van der Waals surface area contributed by atoms with Crippen LogP contribution in [0.4, 0.5) is 16.2 Å². The largest absolute Gasteiger partial charge is 0.490 e. The molecule has 0 saturated heterocycles. The second kappa shape index (κ2) is 11.2. The van der Waals surface area contributed by atoms with Gasteiger partial charge < -0.3 is 19.9 Å². The highest BCUT2D eigenvalue weighted by Gasteiger charge is 2.18. The molecule has 2 amide bonds. The van der Waals surface area contributed by atoms with Crippen LogP contribution in [0.15, 0.2) is 77.8 Å². The number of pyridine rings is 1. The van der Waals surface area contributed by atoms with E-state index in [1.165, 1.54) is 23.1 Å². The first-order valence-corrected chi connectivity index (χ1v) is 13.2.